The molecular formula is C19H18N2O5. The van der Waals surface area contributed by atoms with Crippen LogP contribution >= 0.6 is 0 Å². The molecule has 1 amide bonds. The van der Waals surface area contributed by atoms with Crippen LogP contribution in [0.1, 0.15) is 36.4 Å². The molecule has 1 N–H and O–H groups in total. The monoisotopic (exact) mass is 354 g/mol. The number of aryl methyl sites for hydroxylation is 1. The number of hydrogen-bond acceptors (Lipinski definition) is 6. The van der Waals surface area contributed by atoms with Gasteiger partial charge in [-0.15, -0.1) is 0 Å². The third-order valence-electron chi connectivity index (χ3n) is 4.27. The molecule has 0 saturated carbocycles. The van der Waals surface area contributed by atoms with Gasteiger partial charge in [-0.3, -0.25) is 4.79 Å². The maximum Gasteiger partial charge on any atom is 0.261 e. The Kier molecular flexibility index (Phi) is 3.72. The Bertz CT molecular complexity index is 974. The number of rotatable bonds is 4. The van der Waals surface area contributed by atoms with Crippen molar-refractivity contribution in [3.63, 3.8) is 0 Å². The van der Waals surface area contributed by atoms with Gasteiger partial charge in [0.05, 0.1) is 6.20 Å². The van der Waals surface area contributed by atoms with Gasteiger partial charge in [0, 0.05) is 25.1 Å². The molecule has 3 heterocycles. The molecule has 4 rings (SSSR count). The summed E-state index contributed by atoms with van der Waals surface area (Å²) in [5.74, 6) is 1.68. The SMILES string of the molecule is CC[C@@]1(C)Oc2ccc(NC(=O)c3cnoc3-c3ccc(C)o3)cc2O1. The van der Waals surface area contributed by atoms with E-state index in [0.29, 0.717) is 29.4 Å². The maximum absolute atomic E-state index is 12.6. The molecule has 2 aromatic heterocycles. The Morgan fingerprint density at radius 2 is 2.00 bits per heavy atom. The summed E-state index contributed by atoms with van der Waals surface area (Å²) >= 11 is 0. The molecule has 1 atom stereocenters. The minimum absolute atomic E-state index is 0.287. The number of nitrogens with zero attached hydrogens (tertiary/aromatic N) is 1. The van der Waals surface area contributed by atoms with Crippen LogP contribution in [0, 0.1) is 6.92 Å². The van der Waals surface area contributed by atoms with Gasteiger partial charge in [-0.05, 0) is 31.2 Å². The van der Waals surface area contributed by atoms with Gasteiger partial charge in [-0.25, -0.2) is 0 Å². The van der Waals surface area contributed by atoms with Gasteiger partial charge in [-0.1, -0.05) is 12.1 Å². The first-order valence-corrected chi connectivity index (χ1v) is 8.32. The molecule has 0 saturated heterocycles. The average Bonchev–Trinajstić information content (AvgIpc) is 3.31. The quantitative estimate of drug-likeness (QED) is 0.747. The minimum Gasteiger partial charge on any atom is -0.458 e. The van der Waals surface area contributed by atoms with Crippen molar-refractivity contribution in [3.05, 3.63) is 47.9 Å². The molecule has 0 spiro atoms. The first kappa shape index (κ1) is 16.3. The fourth-order valence-corrected chi connectivity index (χ4v) is 2.71. The number of hydrogen-bond donors (Lipinski definition) is 1. The summed E-state index contributed by atoms with van der Waals surface area (Å²) < 4.78 is 22.3. The van der Waals surface area contributed by atoms with Crippen molar-refractivity contribution in [3.8, 4) is 23.0 Å². The predicted molar refractivity (Wildman–Crippen MR) is 93.3 cm³/mol. The van der Waals surface area contributed by atoms with E-state index in [2.05, 4.69) is 10.5 Å². The largest absolute Gasteiger partial charge is 0.458 e. The summed E-state index contributed by atoms with van der Waals surface area (Å²) in [4.78, 5) is 12.6. The number of carbonyl (C=O) groups is 1. The van der Waals surface area contributed by atoms with E-state index < -0.39 is 5.79 Å². The van der Waals surface area contributed by atoms with Crippen LogP contribution in [0.2, 0.25) is 0 Å². The number of nitrogens with one attached hydrogen (secondary N) is 1. The number of anilines is 1. The van der Waals surface area contributed by atoms with E-state index in [9.17, 15) is 4.79 Å². The smallest absolute Gasteiger partial charge is 0.261 e. The van der Waals surface area contributed by atoms with Crippen molar-refractivity contribution < 1.29 is 23.2 Å². The highest BCUT2D eigenvalue weighted by Gasteiger charge is 2.35. The second-order valence-corrected chi connectivity index (χ2v) is 6.29. The highest BCUT2D eigenvalue weighted by Crippen LogP contribution is 2.42. The number of furan rings is 1. The summed E-state index contributed by atoms with van der Waals surface area (Å²) in [6, 6.07) is 8.79. The van der Waals surface area contributed by atoms with E-state index in [-0.39, 0.29) is 17.2 Å². The van der Waals surface area contributed by atoms with Gasteiger partial charge in [0.2, 0.25) is 11.5 Å². The zero-order chi connectivity index (χ0) is 18.3. The number of fused-ring (bicyclic) bond motifs is 1. The van der Waals surface area contributed by atoms with E-state index in [0.717, 1.165) is 5.76 Å². The molecule has 0 fully saturated rings. The van der Waals surface area contributed by atoms with Crippen molar-refractivity contribution in [2.75, 3.05) is 5.32 Å². The standard InChI is InChI=1S/C19H18N2O5/c1-4-19(3)24-14-8-6-12(9-16(14)25-19)21-18(22)13-10-20-26-17(13)15-7-5-11(2)23-15/h5-10H,4H2,1-3H3,(H,21,22)/t19-/m0/s1. The highest BCUT2D eigenvalue weighted by molar-refractivity contribution is 6.07. The molecule has 0 radical (unpaired) electrons. The lowest BCUT2D eigenvalue weighted by Gasteiger charge is -2.20. The Hall–Kier alpha value is -3.22. The average molecular weight is 354 g/mol. The molecule has 7 heteroatoms. The van der Waals surface area contributed by atoms with E-state index in [1.54, 1.807) is 30.3 Å². The molecule has 0 unspecified atom stereocenters. The Balaban J connectivity index is 1.56. The van der Waals surface area contributed by atoms with Gasteiger partial charge in [0.15, 0.2) is 17.3 Å². The van der Waals surface area contributed by atoms with Crippen LogP contribution in [0.25, 0.3) is 11.5 Å². The van der Waals surface area contributed by atoms with Gasteiger partial charge >= 0.3 is 0 Å². The Morgan fingerprint density at radius 1 is 1.19 bits per heavy atom. The van der Waals surface area contributed by atoms with Crippen LogP contribution in [-0.4, -0.2) is 16.9 Å². The summed E-state index contributed by atoms with van der Waals surface area (Å²) in [6.07, 6.45) is 2.07. The zero-order valence-electron chi connectivity index (χ0n) is 14.7. The van der Waals surface area contributed by atoms with Gasteiger partial charge < -0.3 is 23.7 Å². The van der Waals surface area contributed by atoms with Crippen LogP contribution in [0.4, 0.5) is 5.69 Å². The first-order valence-electron chi connectivity index (χ1n) is 8.32. The molecule has 0 aliphatic carbocycles. The van der Waals surface area contributed by atoms with Crippen molar-refractivity contribution in [2.45, 2.75) is 33.0 Å². The molecule has 26 heavy (non-hydrogen) atoms. The molecule has 1 aliphatic heterocycles. The number of aromatic nitrogens is 1. The second-order valence-electron chi connectivity index (χ2n) is 6.29. The maximum atomic E-state index is 12.6. The molecule has 7 nitrogen and oxygen atoms in total. The number of carbonyl (C=O) groups excluding carboxylic acids is 1. The van der Waals surface area contributed by atoms with Crippen molar-refractivity contribution in [2.24, 2.45) is 0 Å². The fourth-order valence-electron chi connectivity index (χ4n) is 2.71. The highest BCUT2D eigenvalue weighted by atomic mass is 16.7. The topological polar surface area (TPSA) is 86.7 Å². The van der Waals surface area contributed by atoms with Crippen LogP contribution < -0.4 is 14.8 Å². The summed E-state index contributed by atoms with van der Waals surface area (Å²) in [5.41, 5.74) is 0.871. The molecule has 1 aromatic carbocycles. The molecule has 134 valence electrons. The van der Waals surface area contributed by atoms with E-state index in [1.807, 2.05) is 20.8 Å². The van der Waals surface area contributed by atoms with Crippen molar-refractivity contribution in [1.29, 1.82) is 0 Å². The van der Waals surface area contributed by atoms with Crippen LogP contribution in [-0.2, 0) is 0 Å². The molecule has 0 bridgehead atoms. The predicted octanol–water partition coefficient (Wildman–Crippen LogP) is 4.39. The normalized spacial score (nSPS) is 18.1. The Labute approximate surface area is 149 Å². The molecule has 1 aliphatic rings. The number of ether oxygens (including phenoxy) is 2. The van der Waals surface area contributed by atoms with Gasteiger partial charge in [-0.2, -0.15) is 0 Å². The van der Waals surface area contributed by atoms with E-state index >= 15 is 0 Å². The molecular weight excluding hydrogens is 336 g/mol. The lowest BCUT2D eigenvalue weighted by Crippen LogP contribution is -2.33. The third-order valence-corrected chi connectivity index (χ3v) is 4.27. The third kappa shape index (κ3) is 2.81. The summed E-state index contributed by atoms with van der Waals surface area (Å²) in [5, 5.41) is 6.54. The van der Waals surface area contributed by atoms with E-state index in [4.69, 9.17) is 18.4 Å². The zero-order valence-corrected chi connectivity index (χ0v) is 14.7. The summed E-state index contributed by atoms with van der Waals surface area (Å²) in [6.45, 7) is 5.68. The lowest BCUT2D eigenvalue weighted by atomic mass is 10.2. The van der Waals surface area contributed by atoms with E-state index in [1.165, 1.54) is 6.20 Å². The first-order chi connectivity index (χ1) is 12.5. The second kappa shape index (κ2) is 5.94. The van der Waals surface area contributed by atoms with Gasteiger partial charge in [0.25, 0.3) is 5.91 Å². The fraction of sp³-hybridized carbons (Fsp3) is 0.263. The van der Waals surface area contributed by atoms with Crippen molar-refractivity contribution in [1.82, 2.24) is 5.16 Å². The summed E-state index contributed by atoms with van der Waals surface area (Å²) in [7, 11) is 0. The van der Waals surface area contributed by atoms with Crippen LogP contribution in [0.3, 0.4) is 0 Å². The minimum atomic E-state index is -0.677. The number of amides is 1. The van der Waals surface area contributed by atoms with Gasteiger partial charge in [0.1, 0.15) is 11.3 Å². The lowest BCUT2D eigenvalue weighted by molar-refractivity contribution is -0.0640. The number of benzene rings is 1. The van der Waals surface area contributed by atoms with Crippen molar-refractivity contribution >= 4 is 11.6 Å². The van der Waals surface area contributed by atoms with Crippen LogP contribution in [0.15, 0.2) is 45.5 Å². The van der Waals surface area contributed by atoms with Crippen LogP contribution in [0.5, 0.6) is 11.5 Å². The Morgan fingerprint density at radius 3 is 2.73 bits per heavy atom. The molecule has 3 aromatic rings.